The molecule has 0 heterocycles. The van der Waals surface area contributed by atoms with Crippen molar-refractivity contribution >= 4 is 10.0 Å². The lowest BCUT2D eigenvalue weighted by Crippen LogP contribution is -2.27. The van der Waals surface area contributed by atoms with Crippen LogP contribution in [0.3, 0.4) is 0 Å². The number of sulfonamides is 1. The van der Waals surface area contributed by atoms with Crippen molar-refractivity contribution in [1.82, 2.24) is 4.72 Å². The molecule has 0 fully saturated rings. The number of alkyl halides is 3. The SMILES string of the molecule is CS(=O)(=O)NCC(O)c1ccc(C(F)(F)F)cc1. The van der Waals surface area contributed by atoms with Gasteiger partial charge in [-0.2, -0.15) is 13.2 Å². The molecule has 1 rings (SSSR count). The summed E-state index contributed by atoms with van der Waals surface area (Å²) in [5.74, 6) is 0. The molecule has 2 N–H and O–H groups in total. The molecule has 0 amide bonds. The van der Waals surface area contributed by atoms with Crippen LogP contribution in [-0.4, -0.2) is 26.3 Å². The summed E-state index contributed by atoms with van der Waals surface area (Å²) in [5.41, 5.74) is -0.617. The summed E-state index contributed by atoms with van der Waals surface area (Å²) in [6.45, 7) is -0.288. The lowest BCUT2D eigenvalue weighted by Gasteiger charge is -2.12. The van der Waals surface area contributed by atoms with E-state index in [1.54, 1.807) is 0 Å². The third-order valence-electron chi connectivity index (χ3n) is 2.16. The van der Waals surface area contributed by atoms with Gasteiger partial charge in [0.2, 0.25) is 10.0 Å². The molecule has 0 radical (unpaired) electrons. The highest BCUT2D eigenvalue weighted by Crippen LogP contribution is 2.29. The lowest BCUT2D eigenvalue weighted by molar-refractivity contribution is -0.137. The monoisotopic (exact) mass is 283 g/mol. The highest BCUT2D eigenvalue weighted by Gasteiger charge is 2.30. The maximum atomic E-state index is 12.3. The minimum Gasteiger partial charge on any atom is -0.387 e. The van der Waals surface area contributed by atoms with Crippen molar-refractivity contribution in [3.63, 3.8) is 0 Å². The quantitative estimate of drug-likeness (QED) is 0.875. The van der Waals surface area contributed by atoms with Crippen LogP contribution in [0.4, 0.5) is 13.2 Å². The molecule has 0 aromatic heterocycles. The molecule has 0 aliphatic rings. The summed E-state index contributed by atoms with van der Waals surface area (Å²) in [6.07, 6.45) is -4.71. The summed E-state index contributed by atoms with van der Waals surface area (Å²) < 4.78 is 60.4. The number of aliphatic hydroxyl groups excluding tert-OH is 1. The average Bonchev–Trinajstić information content (AvgIpc) is 2.24. The molecule has 0 bridgehead atoms. The van der Waals surface area contributed by atoms with E-state index >= 15 is 0 Å². The Morgan fingerprint density at radius 1 is 1.28 bits per heavy atom. The van der Waals surface area contributed by atoms with E-state index in [2.05, 4.69) is 4.72 Å². The summed E-state index contributed by atoms with van der Waals surface area (Å²) in [7, 11) is -3.45. The normalized spacial score (nSPS) is 14.5. The first kappa shape index (κ1) is 14.9. The third-order valence-corrected chi connectivity index (χ3v) is 2.85. The summed E-state index contributed by atoms with van der Waals surface area (Å²) in [6, 6.07) is 3.88. The van der Waals surface area contributed by atoms with Crippen LogP contribution in [-0.2, 0) is 16.2 Å². The first-order chi connectivity index (χ1) is 8.09. The van der Waals surface area contributed by atoms with Crippen molar-refractivity contribution in [2.75, 3.05) is 12.8 Å². The van der Waals surface area contributed by atoms with Gasteiger partial charge in [0.25, 0.3) is 0 Å². The largest absolute Gasteiger partial charge is 0.416 e. The zero-order valence-corrected chi connectivity index (χ0v) is 10.2. The second-order valence-electron chi connectivity index (χ2n) is 3.76. The van der Waals surface area contributed by atoms with Gasteiger partial charge in [-0.1, -0.05) is 12.1 Å². The Kier molecular flexibility index (Phi) is 4.36. The lowest BCUT2D eigenvalue weighted by atomic mass is 10.1. The maximum absolute atomic E-state index is 12.3. The van der Waals surface area contributed by atoms with Crippen molar-refractivity contribution in [2.24, 2.45) is 0 Å². The second kappa shape index (κ2) is 5.25. The van der Waals surface area contributed by atoms with Gasteiger partial charge in [0, 0.05) is 6.54 Å². The van der Waals surface area contributed by atoms with Gasteiger partial charge in [-0.05, 0) is 17.7 Å². The average molecular weight is 283 g/mol. The summed E-state index contributed by atoms with van der Waals surface area (Å²) in [5, 5.41) is 9.57. The van der Waals surface area contributed by atoms with Crippen molar-refractivity contribution < 1.29 is 26.7 Å². The van der Waals surface area contributed by atoms with E-state index in [1.807, 2.05) is 0 Å². The topological polar surface area (TPSA) is 66.4 Å². The van der Waals surface area contributed by atoms with Crippen LogP contribution in [0.2, 0.25) is 0 Å². The third kappa shape index (κ3) is 4.63. The molecule has 8 heteroatoms. The zero-order valence-electron chi connectivity index (χ0n) is 9.40. The van der Waals surface area contributed by atoms with Crippen LogP contribution in [0.5, 0.6) is 0 Å². The number of halogens is 3. The molecule has 0 aliphatic heterocycles. The fourth-order valence-corrected chi connectivity index (χ4v) is 1.70. The van der Waals surface area contributed by atoms with E-state index in [0.717, 1.165) is 30.5 Å². The number of aliphatic hydroxyl groups is 1. The van der Waals surface area contributed by atoms with Crippen molar-refractivity contribution in [3.05, 3.63) is 35.4 Å². The molecule has 102 valence electrons. The van der Waals surface area contributed by atoms with Crippen molar-refractivity contribution in [2.45, 2.75) is 12.3 Å². The molecule has 1 unspecified atom stereocenters. The summed E-state index contributed by atoms with van der Waals surface area (Å²) in [4.78, 5) is 0. The van der Waals surface area contributed by atoms with Gasteiger partial charge in [-0.3, -0.25) is 0 Å². The Labute approximate surface area is 102 Å². The van der Waals surface area contributed by atoms with Gasteiger partial charge in [-0.25, -0.2) is 13.1 Å². The number of hydrogen-bond acceptors (Lipinski definition) is 3. The molecule has 0 saturated heterocycles. The fourth-order valence-electron chi connectivity index (χ4n) is 1.24. The van der Waals surface area contributed by atoms with Crippen molar-refractivity contribution in [1.29, 1.82) is 0 Å². The molecule has 18 heavy (non-hydrogen) atoms. The van der Waals surface area contributed by atoms with Gasteiger partial charge in [0.15, 0.2) is 0 Å². The molecule has 1 atom stereocenters. The second-order valence-corrected chi connectivity index (χ2v) is 5.59. The van der Waals surface area contributed by atoms with Crippen LogP contribution in [0.1, 0.15) is 17.2 Å². The molecule has 4 nitrogen and oxygen atoms in total. The minimum absolute atomic E-state index is 0.208. The smallest absolute Gasteiger partial charge is 0.387 e. The minimum atomic E-state index is -4.44. The molecular formula is C10H12F3NO3S. The number of benzene rings is 1. The first-order valence-corrected chi connectivity index (χ1v) is 6.78. The predicted octanol–water partition coefficient (Wildman–Crippen LogP) is 1.29. The molecule has 0 spiro atoms. The van der Waals surface area contributed by atoms with E-state index in [4.69, 9.17) is 0 Å². The number of nitrogens with one attached hydrogen (secondary N) is 1. The van der Waals surface area contributed by atoms with Crippen molar-refractivity contribution in [3.8, 4) is 0 Å². The van der Waals surface area contributed by atoms with Crippen LogP contribution >= 0.6 is 0 Å². The van der Waals surface area contributed by atoms with E-state index < -0.39 is 27.9 Å². The Balaban J connectivity index is 2.74. The van der Waals surface area contributed by atoms with E-state index in [-0.39, 0.29) is 12.1 Å². The Morgan fingerprint density at radius 2 is 1.78 bits per heavy atom. The van der Waals surface area contributed by atoms with Crippen LogP contribution < -0.4 is 4.72 Å². The van der Waals surface area contributed by atoms with Crippen LogP contribution in [0.25, 0.3) is 0 Å². The highest BCUT2D eigenvalue weighted by atomic mass is 32.2. The first-order valence-electron chi connectivity index (χ1n) is 4.89. The highest BCUT2D eigenvalue weighted by molar-refractivity contribution is 7.88. The van der Waals surface area contributed by atoms with Gasteiger partial charge in [0.05, 0.1) is 17.9 Å². The molecule has 0 saturated carbocycles. The molecule has 1 aromatic carbocycles. The van der Waals surface area contributed by atoms with Gasteiger partial charge in [-0.15, -0.1) is 0 Å². The van der Waals surface area contributed by atoms with Crippen LogP contribution in [0, 0.1) is 0 Å². The van der Waals surface area contributed by atoms with E-state index in [1.165, 1.54) is 0 Å². The molecule has 1 aromatic rings. The van der Waals surface area contributed by atoms with Gasteiger partial charge in [0.1, 0.15) is 0 Å². The Bertz CT molecular complexity index is 496. The van der Waals surface area contributed by atoms with Gasteiger partial charge >= 0.3 is 6.18 Å². The van der Waals surface area contributed by atoms with E-state index in [0.29, 0.717) is 0 Å². The Morgan fingerprint density at radius 3 is 2.17 bits per heavy atom. The summed E-state index contributed by atoms with van der Waals surface area (Å²) >= 11 is 0. The Hall–Kier alpha value is -1.12. The molecular weight excluding hydrogens is 271 g/mol. The fraction of sp³-hybridized carbons (Fsp3) is 0.400. The standard InChI is InChI=1S/C10H12F3NO3S/c1-18(16,17)14-6-9(15)7-2-4-8(5-3-7)10(11,12)13/h2-5,9,14-15H,6H2,1H3. The molecule has 0 aliphatic carbocycles. The number of hydrogen-bond donors (Lipinski definition) is 2. The maximum Gasteiger partial charge on any atom is 0.416 e. The number of rotatable bonds is 4. The zero-order chi connectivity index (χ0) is 14.0. The predicted molar refractivity (Wildman–Crippen MR) is 59.3 cm³/mol. The van der Waals surface area contributed by atoms with E-state index in [9.17, 15) is 26.7 Å². The van der Waals surface area contributed by atoms with Crippen LogP contribution in [0.15, 0.2) is 24.3 Å². The van der Waals surface area contributed by atoms with Gasteiger partial charge < -0.3 is 5.11 Å².